The molecule has 0 radical (unpaired) electrons. The molecule has 0 aromatic heterocycles. The molecule has 4 aliphatic carbocycles. The van der Waals surface area contributed by atoms with Gasteiger partial charge in [-0.15, -0.1) is 0 Å². The number of carbonyl (C=O) groups is 2. The van der Waals surface area contributed by atoms with Gasteiger partial charge in [-0.25, -0.2) is 0 Å². The van der Waals surface area contributed by atoms with Crippen LogP contribution in [-0.4, -0.2) is 11.6 Å². The molecular weight excluding hydrogens is 272 g/mol. The SMILES string of the molecule is O=C1C(CCC2CC3CCCCC3C2=O)CC2CCCCC12. The van der Waals surface area contributed by atoms with Gasteiger partial charge in [0.25, 0.3) is 0 Å². The maximum Gasteiger partial charge on any atom is 0.139 e. The Morgan fingerprint density at radius 3 is 1.45 bits per heavy atom. The Labute approximate surface area is 134 Å². The van der Waals surface area contributed by atoms with Gasteiger partial charge in [0.05, 0.1) is 0 Å². The average Bonchev–Trinajstić information content (AvgIpc) is 3.04. The Kier molecular flexibility index (Phi) is 4.13. The standard InChI is InChI=1S/C20H30O2/c21-19-15(11-13-5-1-3-7-17(13)19)9-10-16-12-14-6-2-4-8-18(14)20(16)22/h13-18H,1-12H2. The summed E-state index contributed by atoms with van der Waals surface area (Å²) in [6, 6.07) is 0. The molecule has 2 nitrogen and oxygen atoms in total. The summed E-state index contributed by atoms with van der Waals surface area (Å²) in [7, 11) is 0. The maximum atomic E-state index is 12.6. The van der Waals surface area contributed by atoms with Crippen LogP contribution in [0.1, 0.15) is 77.0 Å². The average molecular weight is 302 g/mol. The van der Waals surface area contributed by atoms with Gasteiger partial charge in [-0.1, -0.05) is 25.7 Å². The highest BCUT2D eigenvalue weighted by Gasteiger charge is 2.45. The number of ketones is 2. The smallest absolute Gasteiger partial charge is 0.139 e. The van der Waals surface area contributed by atoms with E-state index in [0.29, 0.717) is 47.1 Å². The highest BCUT2D eigenvalue weighted by Crippen LogP contribution is 2.47. The number of carbonyl (C=O) groups excluding carboxylic acids is 2. The normalized spacial score (nSPS) is 44.9. The lowest BCUT2D eigenvalue weighted by Gasteiger charge is -2.22. The first kappa shape index (κ1) is 14.9. The van der Waals surface area contributed by atoms with E-state index in [4.69, 9.17) is 0 Å². The minimum Gasteiger partial charge on any atom is -0.299 e. The summed E-state index contributed by atoms with van der Waals surface area (Å²) in [6.45, 7) is 0. The molecule has 0 aromatic rings. The zero-order valence-electron chi connectivity index (χ0n) is 13.8. The van der Waals surface area contributed by atoms with Crippen molar-refractivity contribution >= 4 is 11.6 Å². The van der Waals surface area contributed by atoms with Crippen LogP contribution in [0, 0.1) is 35.5 Å². The fourth-order valence-electron chi connectivity index (χ4n) is 6.22. The van der Waals surface area contributed by atoms with Crippen LogP contribution in [0.3, 0.4) is 0 Å². The van der Waals surface area contributed by atoms with Gasteiger partial charge in [0, 0.05) is 23.7 Å². The zero-order chi connectivity index (χ0) is 15.1. The van der Waals surface area contributed by atoms with E-state index in [1.165, 1.54) is 38.5 Å². The molecule has 0 spiro atoms. The molecule has 22 heavy (non-hydrogen) atoms. The third kappa shape index (κ3) is 2.57. The first-order chi connectivity index (χ1) is 10.7. The van der Waals surface area contributed by atoms with E-state index < -0.39 is 0 Å². The van der Waals surface area contributed by atoms with Crippen molar-refractivity contribution in [3.8, 4) is 0 Å². The highest BCUT2D eigenvalue weighted by molar-refractivity contribution is 5.87. The molecule has 4 rings (SSSR count). The van der Waals surface area contributed by atoms with E-state index in [2.05, 4.69) is 0 Å². The number of hydrogen-bond donors (Lipinski definition) is 0. The van der Waals surface area contributed by atoms with Crippen LogP contribution in [-0.2, 0) is 9.59 Å². The molecule has 0 aromatic carbocycles. The van der Waals surface area contributed by atoms with Gasteiger partial charge in [0.1, 0.15) is 11.6 Å². The Balaban J connectivity index is 1.33. The quantitative estimate of drug-likeness (QED) is 0.766. The van der Waals surface area contributed by atoms with Crippen LogP contribution >= 0.6 is 0 Å². The van der Waals surface area contributed by atoms with Crippen LogP contribution < -0.4 is 0 Å². The summed E-state index contributed by atoms with van der Waals surface area (Å²) in [6.07, 6.45) is 14.3. The lowest BCUT2D eigenvalue weighted by Crippen LogP contribution is -2.21. The molecule has 2 heteroatoms. The zero-order valence-corrected chi connectivity index (χ0v) is 13.8. The molecule has 6 atom stereocenters. The van der Waals surface area contributed by atoms with Crippen LogP contribution in [0.5, 0.6) is 0 Å². The number of fused-ring (bicyclic) bond motifs is 2. The summed E-state index contributed by atoms with van der Waals surface area (Å²) >= 11 is 0. The topological polar surface area (TPSA) is 34.1 Å². The molecule has 0 aliphatic heterocycles. The van der Waals surface area contributed by atoms with Gasteiger partial charge >= 0.3 is 0 Å². The van der Waals surface area contributed by atoms with Crippen LogP contribution in [0.4, 0.5) is 0 Å². The second kappa shape index (κ2) is 6.09. The molecule has 4 saturated carbocycles. The lowest BCUT2D eigenvalue weighted by atomic mass is 9.81. The molecule has 0 N–H and O–H groups in total. The van der Waals surface area contributed by atoms with Crippen molar-refractivity contribution in [2.45, 2.75) is 77.0 Å². The van der Waals surface area contributed by atoms with Crippen LogP contribution in [0.15, 0.2) is 0 Å². The second-order valence-corrected chi connectivity index (χ2v) is 8.55. The van der Waals surface area contributed by atoms with E-state index in [1.54, 1.807) is 0 Å². The van der Waals surface area contributed by atoms with Gasteiger partial charge in [0.2, 0.25) is 0 Å². The number of hydrogen-bond acceptors (Lipinski definition) is 2. The fraction of sp³-hybridized carbons (Fsp3) is 0.900. The summed E-state index contributed by atoms with van der Waals surface area (Å²) in [5.41, 5.74) is 0. The predicted octanol–water partition coefficient (Wildman–Crippen LogP) is 4.56. The molecule has 122 valence electrons. The van der Waals surface area contributed by atoms with Gasteiger partial charge in [-0.05, 0) is 63.2 Å². The summed E-state index contributed by atoms with van der Waals surface area (Å²) in [5.74, 6) is 3.87. The van der Waals surface area contributed by atoms with Crippen molar-refractivity contribution in [2.75, 3.05) is 0 Å². The van der Waals surface area contributed by atoms with E-state index in [0.717, 1.165) is 38.5 Å². The van der Waals surface area contributed by atoms with Crippen molar-refractivity contribution in [3.63, 3.8) is 0 Å². The summed E-state index contributed by atoms with van der Waals surface area (Å²) in [5, 5.41) is 0. The molecule has 0 amide bonds. The van der Waals surface area contributed by atoms with E-state index in [1.807, 2.05) is 0 Å². The number of Topliss-reactive ketones (excluding diaryl/α,β-unsaturated/α-hetero) is 2. The first-order valence-corrected chi connectivity index (χ1v) is 9.81. The third-order valence-electron chi connectivity index (χ3n) is 7.39. The number of rotatable bonds is 3. The van der Waals surface area contributed by atoms with Gasteiger partial charge in [-0.2, -0.15) is 0 Å². The fourth-order valence-corrected chi connectivity index (χ4v) is 6.22. The summed E-state index contributed by atoms with van der Waals surface area (Å²) in [4.78, 5) is 25.2. The van der Waals surface area contributed by atoms with Gasteiger partial charge in [0.15, 0.2) is 0 Å². The van der Waals surface area contributed by atoms with Crippen LogP contribution in [0.25, 0.3) is 0 Å². The lowest BCUT2D eigenvalue weighted by molar-refractivity contribution is -0.127. The molecule has 0 bridgehead atoms. The van der Waals surface area contributed by atoms with Crippen molar-refractivity contribution < 1.29 is 9.59 Å². The van der Waals surface area contributed by atoms with Crippen molar-refractivity contribution in [2.24, 2.45) is 35.5 Å². The summed E-state index contributed by atoms with van der Waals surface area (Å²) < 4.78 is 0. The molecular formula is C20H30O2. The maximum absolute atomic E-state index is 12.6. The minimum atomic E-state index is 0.295. The van der Waals surface area contributed by atoms with E-state index >= 15 is 0 Å². The van der Waals surface area contributed by atoms with Gasteiger partial charge in [-0.3, -0.25) is 9.59 Å². The van der Waals surface area contributed by atoms with Crippen molar-refractivity contribution in [3.05, 3.63) is 0 Å². The Morgan fingerprint density at radius 2 is 1.05 bits per heavy atom. The Morgan fingerprint density at radius 1 is 0.636 bits per heavy atom. The predicted molar refractivity (Wildman–Crippen MR) is 86.4 cm³/mol. The Bertz CT molecular complexity index is 413. The molecule has 0 heterocycles. The molecule has 6 unspecified atom stereocenters. The third-order valence-corrected chi connectivity index (χ3v) is 7.39. The van der Waals surface area contributed by atoms with Crippen molar-refractivity contribution in [1.82, 2.24) is 0 Å². The van der Waals surface area contributed by atoms with Crippen LogP contribution in [0.2, 0.25) is 0 Å². The molecule has 4 aliphatic rings. The molecule has 0 saturated heterocycles. The minimum absolute atomic E-state index is 0.295. The second-order valence-electron chi connectivity index (χ2n) is 8.55. The van der Waals surface area contributed by atoms with E-state index in [9.17, 15) is 9.59 Å². The largest absolute Gasteiger partial charge is 0.299 e. The molecule has 4 fully saturated rings. The van der Waals surface area contributed by atoms with Gasteiger partial charge < -0.3 is 0 Å². The first-order valence-electron chi connectivity index (χ1n) is 9.81. The Hall–Kier alpha value is -0.660. The monoisotopic (exact) mass is 302 g/mol. The van der Waals surface area contributed by atoms with E-state index in [-0.39, 0.29) is 0 Å². The highest BCUT2D eigenvalue weighted by atomic mass is 16.1. The van der Waals surface area contributed by atoms with Crippen molar-refractivity contribution in [1.29, 1.82) is 0 Å².